The van der Waals surface area contributed by atoms with E-state index in [1.165, 1.54) is 0 Å². The second kappa shape index (κ2) is 8.49. The van der Waals surface area contributed by atoms with Crippen LogP contribution in [0.2, 0.25) is 0 Å². The SMILES string of the molecule is CC(C)c1c(C(=O)NCc2cccc(NC(=O)C3CC3)c2)cnn1-c1ccccn1. The molecule has 7 nitrogen and oxygen atoms in total. The number of nitrogens with zero attached hydrogens (tertiary/aromatic N) is 3. The number of hydrogen-bond donors (Lipinski definition) is 2. The lowest BCUT2D eigenvalue weighted by Crippen LogP contribution is -2.24. The van der Waals surface area contributed by atoms with E-state index < -0.39 is 0 Å². The summed E-state index contributed by atoms with van der Waals surface area (Å²) in [5.74, 6) is 0.807. The molecule has 154 valence electrons. The maximum atomic E-state index is 12.9. The maximum absolute atomic E-state index is 12.9. The Labute approximate surface area is 175 Å². The molecule has 3 aromatic rings. The van der Waals surface area contributed by atoms with E-state index in [9.17, 15) is 9.59 Å². The van der Waals surface area contributed by atoms with Gasteiger partial charge in [-0.2, -0.15) is 5.10 Å². The van der Waals surface area contributed by atoms with Gasteiger partial charge < -0.3 is 10.6 Å². The van der Waals surface area contributed by atoms with Crippen LogP contribution in [0.15, 0.2) is 54.9 Å². The Balaban J connectivity index is 1.47. The summed E-state index contributed by atoms with van der Waals surface area (Å²) in [6.45, 7) is 4.41. The first-order valence-electron chi connectivity index (χ1n) is 10.2. The van der Waals surface area contributed by atoms with E-state index >= 15 is 0 Å². The second-order valence-electron chi connectivity index (χ2n) is 7.84. The van der Waals surface area contributed by atoms with Gasteiger partial charge >= 0.3 is 0 Å². The van der Waals surface area contributed by atoms with Crippen molar-refractivity contribution in [1.29, 1.82) is 0 Å². The molecule has 4 rings (SSSR count). The standard InChI is InChI=1S/C23H25N5O2/c1-15(2)21-19(14-26-28(21)20-8-3-4-11-24-20)23(30)25-13-16-6-5-7-18(12-16)27-22(29)17-9-10-17/h3-8,11-12,14-15,17H,9-10,13H2,1-2H3,(H,25,30)(H,27,29). The minimum atomic E-state index is -0.187. The molecule has 1 saturated carbocycles. The Bertz CT molecular complexity index is 1050. The summed E-state index contributed by atoms with van der Waals surface area (Å²) in [6, 6.07) is 13.2. The van der Waals surface area contributed by atoms with Crippen molar-refractivity contribution in [2.75, 3.05) is 5.32 Å². The number of benzene rings is 1. The highest BCUT2D eigenvalue weighted by atomic mass is 16.2. The number of pyridine rings is 1. The summed E-state index contributed by atoms with van der Waals surface area (Å²) < 4.78 is 1.72. The average Bonchev–Trinajstić information content (AvgIpc) is 3.51. The predicted octanol–water partition coefficient (Wildman–Crippen LogP) is 3.67. The van der Waals surface area contributed by atoms with Crippen molar-refractivity contribution in [3.63, 3.8) is 0 Å². The van der Waals surface area contributed by atoms with Gasteiger partial charge in [0.25, 0.3) is 5.91 Å². The van der Waals surface area contributed by atoms with E-state index in [0.717, 1.165) is 29.8 Å². The summed E-state index contributed by atoms with van der Waals surface area (Å²) >= 11 is 0. The van der Waals surface area contributed by atoms with Crippen molar-refractivity contribution >= 4 is 17.5 Å². The van der Waals surface area contributed by atoms with Crippen molar-refractivity contribution in [2.45, 2.75) is 39.2 Å². The zero-order chi connectivity index (χ0) is 21.1. The smallest absolute Gasteiger partial charge is 0.255 e. The fourth-order valence-electron chi connectivity index (χ4n) is 3.38. The van der Waals surface area contributed by atoms with Crippen LogP contribution >= 0.6 is 0 Å². The Morgan fingerprint density at radius 2 is 2.00 bits per heavy atom. The summed E-state index contributed by atoms with van der Waals surface area (Å²) in [4.78, 5) is 29.2. The molecule has 0 spiro atoms. The molecule has 30 heavy (non-hydrogen) atoms. The van der Waals surface area contributed by atoms with Crippen molar-refractivity contribution in [3.05, 3.63) is 71.7 Å². The number of aromatic nitrogens is 3. The third-order valence-electron chi connectivity index (χ3n) is 5.06. The fourth-order valence-corrected chi connectivity index (χ4v) is 3.38. The molecular formula is C23H25N5O2. The first kappa shape index (κ1) is 19.8. The molecule has 0 unspecified atom stereocenters. The molecule has 1 aromatic carbocycles. The summed E-state index contributed by atoms with van der Waals surface area (Å²) in [5.41, 5.74) is 3.02. The topological polar surface area (TPSA) is 88.9 Å². The fraction of sp³-hybridized carbons (Fsp3) is 0.304. The Morgan fingerprint density at radius 3 is 2.70 bits per heavy atom. The quantitative estimate of drug-likeness (QED) is 0.630. The van der Waals surface area contributed by atoms with Crippen LogP contribution in [0.3, 0.4) is 0 Å². The Morgan fingerprint density at radius 1 is 1.17 bits per heavy atom. The summed E-state index contributed by atoms with van der Waals surface area (Å²) in [7, 11) is 0. The van der Waals surface area contributed by atoms with Gasteiger partial charge in [0, 0.05) is 24.3 Å². The van der Waals surface area contributed by atoms with Crippen LogP contribution in [0.4, 0.5) is 5.69 Å². The predicted molar refractivity (Wildman–Crippen MR) is 114 cm³/mol. The maximum Gasteiger partial charge on any atom is 0.255 e. The second-order valence-corrected chi connectivity index (χ2v) is 7.84. The molecule has 7 heteroatoms. The zero-order valence-corrected chi connectivity index (χ0v) is 17.1. The lowest BCUT2D eigenvalue weighted by atomic mass is 10.1. The number of hydrogen-bond acceptors (Lipinski definition) is 4. The largest absolute Gasteiger partial charge is 0.348 e. The van der Waals surface area contributed by atoms with E-state index in [1.54, 1.807) is 17.1 Å². The van der Waals surface area contributed by atoms with Crippen LogP contribution in [-0.2, 0) is 11.3 Å². The highest BCUT2D eigenvalue weighted by molar-refractivity contribution is 5.95. The molecular weight excluding hydrogens is 378 g/mol. The molecule has 2 aromatic heterocycles. The first-order valence-corrected chi connectivity index (χ1v) is 10.2. The minimum Gasteiger partial charge on any atom is -0.348 e. The van der Waals surface area contributed by atoms with Gasteiger partial charge in [-0.1, -0.05) is 32.0 Å². The van der Waals surface area contributed by atoms with Gasteiger partial charge in [0.05, 0.1) is 17.5 Å². The zero-order valence-electron chi connectivity index (χ0n) is 17.1. The highest BCUT2D eigenvalue weighted by Crippen LogP contribution is 2.30. The Kier molecular flexibility index (Phi) is 5.61. The molecule has 0 radical (unpaired) electrons. The lowest BCUT2D eigenvalue weighted by Gasteiger charge is -2.12. The van der Waals surface area contributed by atoms with Gasteiger partial charge in [-0.3, -0.25) is 9.59 Å². The molecule has 2 heterocycles. The number of carbonyl (C=O) groups excluding carboxylic acids is 2. The molecule has 2 N–H and O–H groups in total. The van der Waals surface area contributed by atoms with Crippen LogP contribution in [0, 0.1) is 5.92 Å². The molecule has 1 fully saturated rings. The number of rotatable bonds is 7. The van der Waals surface area contributed by atoms with Gasteiger partial charge in [-0.15, -0.1) is 0 Å². The van der Waals surface area contributed by atoms with Crippen molar-refractivity contribution < 1.29 is 9.59 Å². The van der Waals surface area contributed by atoms with E-state index in [0.29, 0.717) is 17.9 Å². The normalized spacial score (nSPS) is 13.3. The van der Waals surface area contributed by atoms with Crippen molar-refractivity contribution in [2.24, 2.45) is 5.92 Å². The molecule has 1 aliphatic carbocycles. The van der Waals surface area contributed by atoms with Crippen LogP contribution in [0.1, 0.15) is 54.2 Å². The summed E-state index contributed by atoms with van der Waals surface area (Å²) in [6.07, 6.45) is 5.22. The molecule has 0 aliphatic heterocycles. The first-order chi connectivity index (χ1) is 14.5. The van der Waals surface area contributed by atoms with Gasteiger partial charge in [0.1, 0.15) is 0 Å². The van der Waals surface area contributed by atoms with Crippen LogP contribution in [0.5, 0.6) is 0 Å². The van der Waals surface area contributed by atoms with Crippen molar-refractivity contribution in [1.82, 2.24) is 20.1 Å². The third kappa shape index (κ3) is 4.40. The third-order valence-corrected chi connectivity index (χ3v) is 5.06. The molecule has 0 saturated heterocycles. The number of anilines is 1. The van der Waals surface area contributed by atoms with E-state index in [1.807, 2.05) is 56.3 Å². The summed E-state index contributed by atoms with van der Waals surface area (Å²) in [5, 5.41) is 10.3. The van der Waals surface area contributed by atoms with Gasteiger partial charge in [-0.05, 0) is 48.6 Å². The molecule has 2 amide bonds. The van der Waals surface area contributed by atoms with E-state index in [-0.39, 0.29) is 23.7 Å². The highest BCUT2D eigenvalue weighted by Gasteiger charge is 2.29. The monoisotopic (exact) mass is 403 g/mol. The molecule has 0 bridgehead atoms. The van der Waals surface area contributed by atoms with E-state index in [2.05, 4.69) is 20.7 Å². The number of amides is 2. The van der Waals surface area contributed by atoms with Crippen LogP contribution in [0.25, 0.3) is 5.82 Å². The van der Waals surface area contributed by atoms with Crippen LogP contribution < -0.4 is 10.6 Å². The lowest BCUT2D eigenvalue weighted by molar-refractivity contribution is -0.117. The van der Waals surface area contributed by atoms with Gasteiger partial charge in [0.15, 0.2) is 5.82 Å². The van der Waals surface area contributed by atoms with E-state index in [4.69, 9.17) is 0 Å². The molecule has 0 atom stereocenters. The molecule has 1 aliphatic rings. The average molecular weight is 403 g/mol. The minimum absolute atomic E-state index is 0.0692. The van der Waals surface area contributed by atoms with Crippen LogP contribution in [-0.4, -0.2) is 26.6 Å². The Hall–Kier alpha value is -3.48. The number of carbonyl (C=O) groups is 2. The van der Waals surface area contributed by atoms with Gasteiger partial charge in [-0.25, -0.2) is 9.67 Å². The van der Waals surface area contributed by atoms with Crippen molar-refractivity contribution in [3.8, 4) is 5.82 Å². The number of nitrogens with one attached hydrogen (secondary N) is 2. The van der Waals surface area contributed by atoms with Gasteiger partial charge in [0.2, 0.25) is 5.91 Å².